The van der Waals surface area contributed by atoms with E-state index in [1.807, 2.05) is 47.3 Å². The Kier molecular flexibility index (Phi) is 4.43. The van der Waals surface area contributed by atoms with Crippen LogP contribution in [0.5, 0.6) is 0 Å². The molecule has 0 bridgehead atoms. The number of hydrogen-bond acceptors (Lipinski definition) is 6. The van der Waals surface area contributed by atoms with Crippen molar-refractivity contribution >= 4 is 27.7 Å². The van der Waals surface area contributed by atoms with E-state index < -0.39 is 0 Å². The van der Waals surface area contributed by atoms with Gasteiger partial charge in [-0.15, -0.1) is 0 Å². The van der Waals surface area contributed by atoms with Crippen LogP contribution in [0, 0.1) is 0 Å². The van der Waals surface area contributed by atoms with E-state index in [-0.39, 0.29) is 6.10 Å². The quantitative estimate of drug-likeness (QED) is 0.423. The number of hydrogen-bond donors (Lipinski definition) is 2. The van der Waals surface area contributed by atoms with Crippen LogP contribution in [0.1, 0.15) is 31.7 Å². The summed E-state index contributed by atoms with van der Waals surface area (Å²) in [5.41, 5.74) is 10.5. The third-order valence-corrected chi connectivity index (χ3v) is 6.45. The van der Waals surface area contributed by atoms with Gasteiger partial charge in [-0.05, 0) is 43.9 Å². The predicted octanol–water partition coefficient (Wildman–Crippen LogP) is 4.96. The highest BCUT2D eigenvalue weighted by Gasteiger charge is 2.22. The van der Waals surface area contributed by atoms with E-state index in [4.69, 9.17) is 10.2 Å². The van der Waals surface area contributed by atoms with E-state index >= 15 is 0 Å². The highest BCUT2D eigenvalue weighted by molar-refractivity contribution is 6.02. The minimum atomic E-state index is -0.184. The lowest BCUT2D eigenvalue weighted by atomic mass is 9.93. The molecule has 0 aliphatic heterocycles. The van der Waals surface area contributed by atoms with Gasteiger partial charge in [-0.1, -0.05) is 18.2 Å². The van der Waals surface area contributed by atoms with E-state index in [1.54, 1.807) is 12.4 Å². The Labute approximate surface area is 184 Å². The maximum absolute atomic E-state index is 9.80. The van der Waals surface area contributed by atoms with E-state index in [1.165, 1.54) is 0 Å². The number of benzene rings is 1. The van der Waals surface area contributed by atoms with Gasteiger partial charge in [-0.25, -0.2) is 4.98 Å². The monoisotopic (exact) mass is 425 g/mol. The smallest absolute Gasteiger partial charge is 0.177 e. The van der Waals surface area contributed by atoms with Crippen LogP contribution in [0.2, 0.25) is 0 Å². The lowest BCUT2D eigenvalue weighted by Crippen LogP contribution is -2.21. The molecule has 1 aliphatic carbocycles. The Bertz CT molecular complexity index is 1420. The Hall–Kier alpha value is -3.71. The minimum Gasteiger partial charge on any atom is -0.452 e. The minimum absolute atomic E-state index is 0.184. The molecule has 0 atom stereocenters. The van der Waals surface area contributed by atoms with Crippen molar-refractivity contribution in [2.24, 2.45) is 0 Å². The van der Waals surface area contributed by atoms with Gasteiger partial charge in [0, 0.05) is 46.1 Å². The molecule has 0 saturated heterocycles. The SMILES string of the molecule is Nc1ncc(-c2cnn([C@H]3CC[C@H](O)CC3)c2)c2cc(-c3cccc4ncccc34)oc12. The van der Waals surface area contributed by atoms with E-state index in [0.29, 0.717) is 17.4 Å². The average Bonchev–Trinajstić information content (AvgIpc) is 3.48. The molecule has 4 heterocycles. The lowest BCUT2D eigenvalue weighted by Gasteiger charge is -2.25. The van der Waals surface area contributed by atoms with Crippen molar-refractivity contribution < 1.29 is 9.52 Å². The van der Waals surface area contributed by atoms with E-state index in [0.717, 1.165) is 64.4 Å². The second-order valence-corrected chi connectivity index (χ2v) is 8.46. The Morgan fingerprint density at radius 3 is 2.72 bits per heavy atom. The van der Waals surface area contributed by atoms with Crippen molar-refractivity contribution in [2.75, 3.05) is 5.73 Å². The summed E-state index contributed by atoms with van der Waals surface area (Å²) >= 11 is 0. The number of fused-ring (bicyclic) bond motifs is 2. The molecule has 5 aromatic rings. The molecule has 0 spiro atoms. The number of rotatable bonds is 3. The maximum Gasteiger partial charge on any atom is 0.177 e. The van der Waals surface area contributed by atoms with Crippen LogP contribution in [0.4, 0.5) is 5.82 Å². The summed E-state index contributed by atoms with van der Waals surface area (Å²) in [6.07, 6.45) is 10.8. The number of anilines is 1. The predicted molar refractivity (Wildman–Crippen MR) is 124 cm³/mol. The summed E-state index contributed by atoms with van der Waals surface area (Å²) in [6, 6.07) is 12.3. The molecule has 1 fully saturated rings. The fourth-order valence-electron chi connectivity index (χ4n) is 4.72. The van der Waals surface area contributed by atoms with Gasteiger partial charge < -0.3 is 15.3 Å². The molecule has 0 unspecified atom stereocenters. The summed E-state index contributed by atoms with van der Waals surface area (Å²) in [6.45, 7) is 0. The number of aliphatic hydroxyl groups is 1. The van der Waals surface area contributed by atoms with Gasteiger partial charge in [-0.3, -0.25) is 9.67 Å². The molecule has 1 saturated carbocycles. The molecule has 3 N–H and O–H groups in total. The molecular weight excluding hydrogens is 402 g/mol. The zero-order valence-electron chi connectivity index (χ0n) is 17.5. The Balaban J connectivity index is 1.44. The van der Waals surface area contributed by atoms with Gasteiger partial charge in [0.1, 0.15) is 5.76 Å². The first-order valence-corrected chi connectivity index (χ1v) is 10.9. The van der Waals surface area contributed by atoms with Crippen molar-refractivity contribution in [2.45, 2.75) is 37.8 Å². The highest BCUT2D eigenvalue weighted by atomic mass is 16.3. The van der Waals surface area contributed by atoms with Gasteiger partial charge in [0.2, 0.25) is 0 Å². The summed E-state index contributed by atoms with van der Waals surface area (Å²) in [5.74, 6) is 1.09. The van der Waals surface area contributed by atoms with Gasteiger partial charge in [-0.2, -0.15) is 5.10 Å². The van der Waals surface area contributed by atoms with Gasteiger partial charge >= 0.3 is 0 Å². The average molecular weight is 425 g/mol. The van der Waals surface area contributed by atoms with Crippen LogP contribution < -0.4 is 5.73 Å². The second-order valence-electron chi connectivity index (χ2n) is 8.46. The lowest BCUT2D eigenvalue weighted by molar-refractivity contribution is 0.108. The van der Waals surface area contributed by atoms with Crippen LogP contribution >= 0.6 is 0 Å². The van der Waals surface area contributed by atoms with E-state index in [9.17, 15) is 5.11 Å². The summed E-state index contributed by atoms with van der Waals surface area (Å²) in [4.78, 5) is 8.84. The molecule has 1 aromatic carbocycles. The number of nitrogen functional groups attached to an aromatic ring is 1. The molecule has 7 nitrogen and oxygen atoms in total. The van der Waals surface area contributed by atoms with Crippen molar-refractivity contribution in [3.8, 4) is 22.5 Å². The highest BCUT2D eigenvalue weighted by Crippen LogP contribution is 2.39. The molecule has 7 heteroatoms. The molecule has 32 heavy (non-hydrogen) atoms. The topological polar surface area (TPSA) is 103 Å². The standard InChI is InChI=1S/C25H23N5O2/c26-25-24-20(11-23(32-24)19-3-1-5-22-18(19)4-2-10-27-22)21(13-28-25)15-12-29-30(14-15)16-6-8-17(31)9-7-16/h1-5,10-14,16-17,31H,6-9H2,(H2,26,28)/t16-,17-. The Morgan fingerprint density at radius 1 is 0.969 bits per heavy atom. The number of pyridine rings is 2. The zero-order valence-corrected chi connectivity index (χ0v) is 17.5. The first kappa shape index (κ1) is 19.0. The molecule has 0 radical (unpaired) electrons. The van der Waals surface area contributed by atoms with Gasteiger partial charge in [0.25, 0.3) is 0 Å². The summed E-state index contributed by atoms with van der Waals surface area (Å²) < 4.78 is 8.23. The fourth-order valence-corrected chi connectivity index (χ4v) is 4.72. The number of aliphatic hydroxyl groups excluding tert-OH is 1. The second kappa shape index (κ2) is 7.46. The maximum atomic E-state index is 9.80. The summed E-state index contributed by atoms with van der Waals surface area (Å²) in [7, 11) is 0. The number of nitrogens with two attached hydrogens (primary N) is 1. The normalized spacial score (nSPS) is 19.0. The summed E-state index contributed by atoms with van der Waals surface area (Å²) in [5, 5.41) is 16.3. The largest absolute Gasteiger partial charge is 0.452 e. The third kappa shape index (κ3) is 3.13. The van der Waals surface area contributed by atoms with Crippen LogP contribution in [-0.4, -0.2) is 31.0 Å². The van der Waals surface area contributed by atoms with Crippen molar-refractivity contribution in [3.05, 3.63) is 61.2 Å². The van der Waals surface area contributed by atoms with E-state index in [2.05, 4.69) is 21.3 Å². The number of aromatic nitrogens is 4. The molecule has 0 amide bonds. The van der Waals surface area contributed by atoms with Crippen LogP contribution in [-0.2, 0) is 0 Å². The van der Waals surface area contributed by atoms with Crippen molar-refractivity contribution in [1.82, 2.24) is 19.7 Å². The van der Waals surface area contributed by atoms with Crippen molar-refractivity contribution in [1.29, 1.82) is 0 Å². The zero-order chi connectivity index (χ0) is 21.7. The fraction of sp³-hybridized carbons (Fsp3) is 0.240. The van der Waals surface area contributed by atoms with Gasteiger partial charge in [0.05, 0.1) is 23.9 Å². The molecule has 1 aliphatic rings. The number of furan rings is 1. The van der Waals surface area contributed by atoms with Crippen molar-refractivity contribution in [3.63, 3.8) is 0 Å². The first-order chi connectivity index (χ1) is 15.7. The van der Waals surface area contributed by atoms with Gasteiger partial charge in [0.15, 0.2) is 11.4 Å². The number of nitrogens with zero attached hydrogens (tertiary/aromatic N) is 4. The van der Waals surface area contributed by atoms with Crippen LogP contribution in [0.15, 0.2) is 65.6 Å². The third-order valence-electron chi connectivity index (χ3n) is 6.45. The van der Waals surface area contributed by atoms with Crippen LogP contribution in [0.25, 0.3) is 44.3 Å². The Morgan fingerprint density at radius 2 is 1.84 bits per heavy atom. The molecule has 6 rings (SSSR count). The van der Waals surface area contributed by atoms with Crippen LogP contribution in [0.3, 0.4) is 0 Å². The molecular formula is C25H23N5O2. The molecule has 4 aromatic heterocycles. The molecule has 160 valence electrons. The first-order valence-electron chi connectivity index (χ1n) is 10.9.